The van der Waals surface area contributed by atoms with Gasteiger partial charge in [-0.2, -0.15) is 0 Å². The predicted octanol–water partition coefficient (Wildman–Crippen LogP) is 3.33. The Labute approximate surface area is 192 Å². The van der Waals surface area contributed by atoms with Crippen molar-refractivity contribution in [1.29, 1.82) is 0 Å². The maximum absolute atomic E-state index is 14.2. The SMILES string of the molecule is O=C(NCc1c(Cl)ccc(Cl)c1F)c1cn2c(c(O)c1=O)C(=O)N1[C@H]3CC[C@H](CC3)[C@@H]1C2. The molecule has 0 unspecified atom stereocenters. The molecule has 2 aromatic rings. The van der Waals surface area contributed by atoms with Crippen molar-refractivity contribution in [2.24, 2.45) is 5.92 Å². The zero-order valence-corrected chi connectivity index (χ0v) is 18.4. The molecule has 4 aliphatic rings. The first-order chi connectivity index (χ1) is 15.3. The molecule has 10 heteroatoms. The number of fused-ring (bicyclic) bond motifs is 3. The van der Waals surface area contributed by atoms with Crippen LogP contribution in [0.3, 0.4) is 0 Å². The summed E-state index contributed by atoms with van der Waals surface area (Å²) in [5.41, 5.74) is -1.37. The molecule has 1 aliphatic carbocycles. The molecule has 168 valence electrons. The standard InChI is InChI=1S/C22H20Cl2FN3O4/c23-14-5-6-15(24)17(25)12(14)7-26-21(31)13-8-27-9-16-10-1-3-11(4-2-10)28(16)22(32)18(27)20(30)19(13)29/h5-6,8,10-11,16,30H,1-4,7,9H2,(H,26,31)/t10-,11+,16-/m0/s1. The van der Waals surface area contributed by atoms with Crippen molar-refractivity contribution in [1.82, 2.24) is 14.8 Å². The minimum Gasteiger partial charge on any atom is -0.503 e. The Morgan fingerprint density at radius 2 is 1.84 bits per heavy atom. The van der Waals surface area contributed by atoms with E-state index in [2.05, 4.69) is 5.32 Å². The number of pyridine rings is 1. The molecular formula is C22H20Cl2FN3O4. The van der Waals surface area contributed by atoms with Gasteiger partial charge in [0.25, 0.3) is 11.8 Å². The number of nitrogens with one attached hydrogen (secondary N) is 1. The van der Waals surface area contributed by atoms with Gasteiger partial charge in [0, 0.05) is 35.9 Å². The average Bonchev–Trinajstić information content (AvgIpc) is 2.79. The van der Waals surface area contributed by atoms with Gasteiger partial charge in [0.05, 0.1) is 11.1 Å². The van der Waals surface area contributed by atoms with E-state index < -0.39 is 22.9 Å². The van der Waals surface area contributed by atoms with E-state index in [-0.39, 0.29) is 51.4 Å². The lowest BCUT2D eigenvalue weighted by Crippen LogP contribution is -2.61. The second-order valence-corrected chi connectivity index (χ2v) is 9.39. The highest BCUT2D eigenvalue weighted by Gasteiger charge is 2.48. The molecule has 6 rings (SSSR count). The Morgan fingerprint density at radius 3 is 2.56 bits per heavy atom. The molecule has 3 aliphatic heterocycles. The normalized spacial score (nSPS) is 23.7. The Kier molecular flexibility index (Phi) is 5.17. The maximum Gasteiger partial charge on any atom is 0.275 e. The van der Waals surface area contributed by atoms with Gasteiger partial charge in [-0.25, -0.2) is 4.39 Å². The molecule has 2 bridgehead atoms. The third kappa shape index (κ3) is 3.19. The van der Waals surface area contributed by atoms with Crippen LogP contribution in [0.1, 0.15) is 52.1 Å². The third-order valence-electron chi connectivity index (χ3n) is 6.92. The van der Waals surface area contributed by atoms with E-state index in [1.165, 1.54) is 22.9 Å². The lowest BCUT2D eigenvalue weighted by Gasteiger charge is -2.53. The number of aromatic nitrogens is 1. The second-order valence-electron chi connectivity index (χ2n) is 8.57. The van der Waals surface area contributed by atoms with E-state index >= 15 is 0 Å². The molecule has 4 heterocycles. The van der Waals surface area contributed by atoms with Crippen LogP contribution in [0.15, 0.2) is 23.1 Å². The topological polar surface area (TPSA) is 91.6 Å². The summed E-state index contributed by atoms with van der Waals surface area (Å²) < 4.78 is 15.7. The molecule has 1 aromatic heterocycles. The van der Waals surface area contributed by atoms with E-state index in [1.807, 2.05) is 4.90 Å². The first kappa shape index (κ1) is 21.3. The minimum absolute atomic E-state index is 0.0142. The molecule has 1 saturated carbocycles. The van der Waals surface area contributed by atoms with Crippen molar-refractivity contribution >= 4 is 35.0 Å². The van der Waals surface area contributed by atoms with E-state index in [4.69, 9.17) is 23.2 Å². The quantitative estimate of drug-likeness (QED) is 0.660. The van der Waals surface area contributed by atoms with Crippen LogP contribution >= 0.6 is 23.2 Å². The van der Waals surface area contributed by atoms with E-state index in [1.54, 1.807) is 0 Å². The highest BCUT2D eigenvalue weighted by atomic mass is 35.5. The lowest BCUT2D eigenvalue weighted by molar-refractivity contribution is -0.0181. The molecule has 0 spiro atoms. The number of aromatic hydroxyl groups is 1. The van der Waals surface area contributed by atoms with Crippen LogP contribution in [-0.4, -0.2) is 38.5 Å². The van der Waals surface area contributed by atoms with Gasteiger partial charge >= 0.3 is 0 Å². The lowest BCUT2D eigenvalue weighted by atomic mass is 9.73. The fourth-order valence-electron chi connectivity index (χ4n) is 5.31. The number of benzene rings is 1. The molecule has 1 atom stereocenters. The van der Waals surface area contributed by atoms with Crippen molar-refractivity contribution in [3.8, 4) is 5.75 Å². The van der Waals surface area contributed by atoms with Gasteiger partial charge in [0.2, 0.25) is 5.43 Å². The van der Waals surface area contributed by atoms with E-state index in [0.717, 1.165) is 25.7 Å². The third-order valence-corrected chi connectivity index (χ3v) is 7.57. The Morgan fingerprint density at radius 1 is 1.16 bits per heavy atom. The fraction of sp³-hybridized carbons (Fsp3) is 0.409. The van der Waals surface area contributed by atoms with Crippen molar-refractivity contribution in [2.45, 2.75) is 50.9 Å². The smallest absolute Gasteiger partial charge is 0.275 e. The number of carbonyl (C=O) groups excluding carboxylic acids is 2. The van der Waals surface area contributed by atoms with Gasteiger partial charge in [0.1, 0.15) is 11.4 Å². The number of hydrogen-bond donors (Lipinski definition) is 2. The molecule has 7 nitrogen and oxygen atoms in total. The molecule has 0 radical (unpaired) electrons. The summed E-state index contributed by atoms with van der Waals surface area (Å²) in [6.07, 6.45) is 5.25. The highest BCUT2D eigenvalue weighted by molar-refractivity contribution is 6.33. The number of nitrogens with zero attached hydrogens (tertiary/aromatic N) is 2. The first-order valence-electron chi connectivity index (χ1n) is 10.5. The molecular weight excluding hydrogens is 460 g/mol. The minimum atomic E-state index is -0.944. The number of halogens is 3. The predicted molar refractivity (Wildman–Crippen MR) is 116 cm³/mol. The van der Waals surface area contributed by atoms with Crippen LogP contribution in [0.2, 0.25) is 10.0 Å². The molecule has 2 N–H and O–H groups in total. The Hall–Kier alpha value is -2.58. The van der Waals surface area contributed by atoms with E-state index in [0.29, 0.717) is 12.5 Å². The van der Waals surface area contributed by atoms with Crippen molar-refractivity contribution in [2.75, 3.05) is 0 Å². The average molecular weight is 480 g/mol. The summed E-state index contributed by atoms with van der Waals surface area (Å²) in [6.45, 7) is 0.107. The summed E-state index contributed by atoms with van der Waals surface area (Å²) in [5, 5.41) is 12.9. The summed E-state index contributed by atoms with van der Waals surface area (Å²) in [6, 6.07) is 2.82. The zero-order chi connectivity index (χ0) is 22.7. The van der Waals surface area contributed by atoms with Gasteiger partial charge in [-0.1, -0.05) is 23.2 Å². The van der Waals surface area contributed by atoms with Crippen LogP contribution in [0.4, 0.5) is 4.39 Å². The number of piperidine rings is 2. The number of hydrogen-bond acceptors (Lipinski definition) is 4. The zero-order valence-electron chi connectivity index (χ0n) is 16.9. The number of carbonyl (C=O) groups is 2. The van der Waals surface area contributed by atoms with Gasteiger partial charge in [0.15, 0.2) is 11.4 Å². The van der Waals surface area contributed by atoms with Crippen LogP contribution in [-0.2, 0) is 13.1 Å². The van der Waals surface area contributed by atoms with Gasteiger partial charge in [-0.15, -0.1) is 0 Å². The maximum atomic E-state index is 14.2. The molecule has 3 fully saturated rings. The molecule has 32 heavy (non-hydrogen) atoms. The monoisotopic (exact) mass is 479 g/mol. The van der Waals surface area contributed by atoms with Crippen LogP contribution in [0.25, 0.3) is 0 Å². The van der Waals surface area contributed by atoms with Gasteiger partial charge < -0.3 is 19.9 Å². The van der Waals surface area contributed by atoms with Crippen LogP contribution < -0.4 is 10.7 Å². The van der Waals surface area contributed by atoms with Crippen molar-refractivity contribution in [3.05, 3.63) is 61.2 Å². The Bertz CT molecular complexity index is 1210. The first-order valence-corrected chi connectivity index (χ1v) is 11.2. The summed E-state index contributed by atoms with van der Waals surface area (Å²) >= 11 is 11.8. The Balaban J connectivity index is 1.46. The molecule has 2 saturated heterocycles. The highest BCUT2D eigenvalue weighted by Crippen LogP contribution is 2.43. The van der Waals surface area contributed by atoms with Crippen LogP contribution in [0.5, 0.6) is 5.75 Å². The van der Waals surface area contributed by atoms with Crippen molar-refractivity contribution in [3.63, 3.8) is 0 Å². The van der Waals surface area contributed by atoms with Crippen LogP contribution in [0, 0.1) is 11.7 Å². The second kappa shape index (κ2) is 7.78. The summed E-state index contributed by atoms with van der Waals surface area (Å²) in [5.74, 6) is -2.32. The van der Waals surface area contributed by atoms with Gasteiger partial charge in [-0.3, -0.25) is 14.4 Å². The number of rotatable bonds is 3. The summed E-state index contributed by atoms with van der Waals surface area (Å²) in [7, 11) is 0. The van der Waals surface area contributed by atoms with E-state index in [9.17, 15) is 23.9 Å². The fourth-order valence-corrected chi connectivity index (χ4v) is 5.70. The van der Waals surface area contributed by atoms with Gasteiger partial charge in [-0.05, 0) is 43.7 Å². The number of amides is 2. The summed E-state index contributed by atoms with van der Waals surface area (Å²) in [4.78, 5) is 40.4. The molecule has 1 aromatic carbocycles. The largest absolute Gasteiger partial charge is 0.503 e. The molecule has 2 amide bonds. The van der Waals surface area contributed by atoms with Crippen molar-refractivity contribution < 1.29 is 19.1 Å².